The van der Waals surface area contributed by atoms with Crippen LogP contribution in [0.3, 0.4) is 0 Å². The Bertz CT molecular complexity index is 2360. The van der Waals surface area contributed by atoms with E-state index in [9.17, 15) is 0 Å². The third-order valence-electron chi connectivity index (χ3n) is 8.79. The van der Waals surface area contributed by atoms with Gasteiger partial charge in [0.25, 0.3) is 0 Å². The Kier molecular flexibility index (Phi) is 9.12. The molecule has 0 fully saturated rings. The van der Waals surface area contributed by atoms with Crippen LogP contribution < -0.4 is 18.9 Å². The van der Waals surface area contributed by atoms with Crippen LogP contribution in [0.25, 0.3) is 27.8 Å². The fourth-order valence-electron chi connectivity index (χ4n) is 6.15. The van der Waals surface area contributed by atoms with Crippen LogP contribution in [0, 0.1) is 0 Å². The summed E-state index contributed by atoms with van der Waals surface area (Å²) >= 11 is 0. The predicted octanol–water partition coefficient (Wildman–Crippen LogP) is 11.8. The largest absolute Gasteiger partial charge is 0.457 e. The molecule has 0 N–H and O–H groups in total. The van der Waals surface area contributed by atoms with Crippen molar-refractivity contribution in [1.82, 2.24) is 24.5 Å². The predicted molar refractivity (Wildman–Crippen MR) is 206 cm³/mol. The summed E-state index contributed by atoms with van der Waals surface area (Å²) < 4.78 is 27.3. The Morgan fingerprint density at radius 1 is 0.415 bits per heavy atom. The van der Waals surface area contributed by atoms with E-state index in [0.717, 1.165) is 32.9 Å². The summed E-state index contributed by atoms with van der Waals surface area (Å²) in [5, 5.41) is 2.05. The van der Waals surface area contributed by atoms with E-state index in [1.165, 1.54) is 0 Å². The zero-order valence-corrected chi connectivity index (χ0v) is 29.8. The third-order valence-corrected chi connectivity index (χ3v) is 8.79. The minimum Gasteiger partial charge on any atom is -0.457 e. The minimum atomic E-state index is 0.258. The highest BCUT2D eigenvalue weighted by molar-refractivity contribution is 6.09. The van der Waals surface area contributed by atoms with E-state index in [1.54, 1.807) is 30.9 Å². The maximum atomic E-state index is 6.53. The van der Waals surface area contributed by atoms with Crippen LogP contribution in [-0.2, 0) is 0 Å². The van der Waals surface area contributed by atoms with E-state index in [2.05, 4.69) is 59.8 Å². The number of rotatable bonds is 11. The van der Waals surface area contributed by atoms with Crippen molar-refractivity contribution in [1.29, 1.82) is 0 Å². The van der Waals surface area contributed by atoms with Gasteiger partial charge in [0.1, 0.15) is 34.5 Å². The molecule has 0 aliphatic carbocycles. The number of hydrogen-bond donors (Lipinski definition) is 0. The molecule has 0 spiro atoms. The second kappa shape index (κ2) is 14.5. The normalized spacial score (nSPS) is 11.4. The zero-order chi connectivity index (χ0) is 36.3. The van der Waals surface area contributed by atoms with Gasteiger partial charge in [0.2, 0.25) is 17.7 Å². The number of pyridine rings is 2. The number of nitrogens with zero attached hydrogens (tertiary/aromatic N) is 5. The summed E-state index contributed by atoms with van der Waals surface area (Å²) in [6.45, 7) is 8.56. The van der Waals surface area contributed by atoms with Gasteiger partial charge in [-0.1, -0.05) is 39.8 Å². The molecular formula is C44H37N5O4. The molecule has 0 saturated heterocycles. The molecule has 9 nitrogen and oxygen atoms in total. The highest BCUT2D eigenvalue weighted by atomic mass is 16.5. The van der Waals surface area contributed by atoms with E-state index in [0.29, 0.717) is 52.2 Å². The quantitative estimate of drug-likeness (QED) is 0.132. The van der Waals surface area contributed by atoms with Crippen LogP contribution in [0.2, 0.25) is 0 Å². The molecule has 0 aliphatic rings. The second-order valence-electron chi connectivity index (χ2n) is 13.3. The van der Waals surface area contributed by atoms with Gasteiger partial charge in [-0.25, -0.2) is 19.9 Å². The van der Waals surface area contributed by atoms with E-state index in [-0.39, 0.29) is 11.8 Å². The smallest absolute Gasteiger partial charge is 0.234 e. The van der Waals surface area contributed by atoms with E-state index < -0.39 is 0 Å². The maximum absolute atomic E-state index is 6.53. The van der Waals surface area contributed by atoms with Crippen molar-refractivity contribution in [2.45, 2.75) is 39.5 Å². The maximum Gasteiger partial charge on any atom is 0.234 e. The van der Waals surface area contributed by atoms with Gasteiger partial charge in [-0.15, -0.1) is 0 Å². The summed E-state index contributed by atoms with van der Waals surface area (Å²) in [5.74, 6) is 6.01. The van der Waals surface area contributed by atoms with Crippen molar-refractivity contribution in [2.24, 2.45) is 0 Å². The summed E-state index contributed by atoms with van der Waals surface area (Å²) in [6, 6.07) is 37.0. The van der Waals surface area contributed by atoms with E-state index >= 15 is 0 Å². The minimum absolute atomic E-state index is 0.258. The molecule has 0 bridgehead atoms. The number of aromatic nitrogens is 5. The Morgan fingerprint density at radius 2 is 0.849 bits per heavy atom. The first-order valence-electron chi connectivity index (χ1n) is 17.6. The van der Waals surface area contributed by atoms with Crippen LogP contribution in [0.4, 0.5) is 0 Å². The van der Waals surface area contributed by atoms with Crippen molar-refractivity contribution >= 4 is 21.8 Å². The summed E-state index contributed by atoms with van der Waals surface area (Å²) in [6.07, 6.45) is 6.89. The number of hydrogen-bond acceptors (Lipinski definition) is 8. The first kappa shape index (κ1) is 33.4. The van der Waals surface area contributed by atoms with E-state index in [4.69, 9.17) is 18.9 Å². The molecule has 0 radical (unpaired) electrons. The molecule has 9 heteroatoms. The summed E-state index contributed by atoms with van der Waals surface area (Å²) in [4.78, 5) is 17.9. The molecule has 0 amide bonds. The molecule has 53 heavy (non-hydrogen) atoms. The zero-order valence-electron chi connectivity index (χ0n) is 29.8. The van der Waals surface area contributed by atoms with Gasteiger partial charge in [-0.05, 0) is 89.7 Å². The standard InChI is InChI=1S/C44H37N5O4/c1-28(2)30-20-34(24-36(22-30)52-42-10-5-7-16-45-42)50-32-12-14-38-39-15-13-33(27-41(39)49(40(38)26-32)44-47-18-9-19-48-44)51-35-21-31(29(3)4)23-37(25-35)53-43-11-6-8-17-46-43/h5-29H,1-4H3. The Balaban J connectivity index is 1.17. The molecule has 4 aromatic heterocycles. The average molecular weight is 700 g/mol. The fraction of sp³-hybridized carbons (Fsp3) is 0.136. The van der Waals surface area contributed by atoms with E-state index in [1.807, 2.05) is 102 Å². The molecule has 4 heterocycles. The summed E-state index contributed by atoms with van der Waals surface area (Å²) in [5.41, 5.74) is 3.95. The molecule has 0 unspecified atom stereocenters. The lowest BCUT2D eigenvalue weighted by Gasteiger charge is -2.14. The average Bonchev–Trinajstić information content (AvgIpc) is 3.48. The Morgan fingerprint density at radius 3 is 1.26 bits per heavy atom. The number of benzene rings is 4. The molecule has 8 rings (SSSR count). The number of fused-ring (bicyclic) bond motifs is 3. The van der Waals surface area contributed by atoms with Gasteiger partial charge in [-0.2, -0.15) is 0 Å². The lowest BCUT2D eigenvalue weighted by molar-refractivity contribution is 0.447. The van der Waals surface area contributed by atoms with Crippen molar-refractivity contribution in [3.63, 3.8) is 0 Å². The highest BCUT2D eigenvalue weighted by Gasteiger charge is 2.18. The number of ether oxygens (including phenoxy) is 4. The van der Waals surface area contributed by atoms with Gasteiger partial charge in [0, 0.05) is 72.0 Å². The van der Waals surface area contributed by atoms with Gasteiger partial charge < -0.3 is 18.9 Å². The van der Waals surface area contributed by atoms with Gasteiger partial charge >= 0.3 is 0 Å². The lowest BCUT2D eigenvalue weighted by Crippen LogP contribution is -2.00. The van der Waals surface area contributed by atoms with Crippen LogP contribution >= 0.6 is 0 Å². The SMILES string of the molecule is CC(C)c1cc(Oc2ccc3c4ccc(Oc5cc(Oc6ccccn6)cc(C(C)C)c5)cc4n(-c4ncccn4)c3c2)cc(Oc2ccccn2)c1. The Labute approximate surface area is 307 Å². The van der Waals surface area contributed by atoms with Crippen molar-refractivity contribution < 1.29 is 18.9 Å². The molecule has 4 aromatic carbocycles. The van der Waals surface area contributed by atoms with Crippen molar-refractivity contribution in [3.8, 4) is 52.2 Å². The monoisotopic (exact) mass is 699 g/mol. The lowest BCUT2D eigenvalue weighted by atomic mass is 10.0. The van der Waals surface area contributed by atoms with Crippen molar-refractivity contribution in [3.05, 3.63) is 151 Å². The fourth-order valence-corrected chi connectivity index (χ4v) is 6.15. The molecular weight excluding hydrogens is 663 g/mol. The Hall–Kier alpha value is -6.74. The molecule has 0 saturated carbocycles. The third kappa shape index (κ3) is 7.36. The van der Waals surface area contributed by atoms with Crippen LogP contribution in [0.5, 0.6) is 46.3 Å². The highest BCUT2D eigenvalue weighted by Crippen LogP contribution is 2.39. The van der Waals surface area contributed by atoms with Crippen molar-refractivity contribution in [2.75, 3.05) is 0 Å². The van der Waals surface area contributed by atoms with Crippen LogP contribution in [0.1, 0.15) is 50.7 Å². The molecule has 0 aliphatic heterocycles. The van der Waals surface area contributed by atoms with Crippen LogP contribution in [0.15, 0.2) is 140 Å². The topological polar surface area (TPSA) is 93.4 Å². The molecule has 262 valence electrons. The first-order chi connectivity index (χ1) is 25.9. The first-order valence-corrected chi connectivity index (χ1v) is 17.6. The van der Waals surface area contributed by atoms with Gasteiger partial charge in [-0.3, -0.25) is 4.57 Å². The molecule has 8 aromatic rings. The molecule has 0 atom stereocenters. The second-order valence-corrected chi connectivity index (χ2v) is 13.3. The van der Waals surface area contributed by atoms with Gasteiger partial charge in [0.15, 0.2) is 0 Å². The summed E-state index contributed by atoms with van der Waals surface area (Å²) in [7, 11) is 0. The van der Waals surface area contributed by atoms with Crippen LogP contribution in [-0.4, -0.2) is 24.5 Å². The van der Waals surface area contributed by atoms with Gasteiger partial charge in [0.05, 0.1) is 11.0 Å².